The van der Waals surface area contributed by atoms with Crippen molar-refractivity contribution in [3.8, 4) is 0 Å². The average molecular weight is 301 g/mol. The first-order chi connectivity index (χ1) is 9.28. The van der Waals surface area contributed by atoms with Crippen LogP contribution in [0.1, 0.15) is 46.0 Å². The van der Waals surface area contributed by atoms with Crippen LogP contribution in [-0.2, 0) is 19.6 Å². The predicted octanol–water partition coefficient (Wildman–Crippen LogP) is 1.48. The largest absolute Gasteiger partial charge is 0.299 e. The molecule has 20 heavy (non-hydrogen) atoms. The molecule has 0 radical (unpaired) electrons. The molecule has 2 rings (SSSR count). The van der Waals surface area contributed by atoms with E-state index in [0.29, 0.717) is 19.3 Å². The zero-order chi connectivity index (χ0) is 14.9. The van der Waals surface area contributed by atoms with Crippen molar-refractivity contribution in [1.82, 2.24) is 4.72 Å². The zero-order valence-electron chi connectivity index (χ0n) is 12.1. The number of hydrogen-bond acceptors (Lipinski definition) is 4. The molecule has 0 aliphatic heterocycles. The summed E-state index contributed by atoms with van der Waals surface area (Å²) in [6.45, 7) is 3.89. The average Bonchev–Trinajstić information content (AvgIpc) is 2.59. The van der Waals surface area contributed by atoms with Gasteiger partial charge in [0.15, 0.2) is 0 Å². The van der Waals surface area contributed by atoms with Gasteiger partial charge in [-0.1, -0.05) is 13.8 Å². The molecule has 5 nitrogen and oxygen atoms in total. The molecule has 6 heteroatoms. The third-order valence-electron chi connectivity index (χ3n) is 4.40. The van der Waals surface area contributed by atoms with Crippen LogP contribution >= 0.6 is 0 Å². The van der Waals surface area contributed by atoms with Crippen molar-refractivity contribution >= 4 is 21.7 Å². The molecule has 0 saturated heterocycles. The molecule has 1 amide bonds. The van der Waals surface area contributed by atoms with Crippen LogP contribution in [0.2, 0.25) is 0 Å². The molecule has 0 spiro atoms. The highest BCUT2D eigenvalue weighted by atomic mass is 32.2. The van der Waals surface area contributed by atoms with Crippen LogP contribution in [0.4, 0.5) is 0 Å². The Morgan fingerprint density at radius 1 is 1.25 bits per heavy atom. The molecule has 0 aromatic rings. The number of hydrogen-bond donors (Lipinski definition) is 1. The van der Waals surface area contributed by atoms with E-state index in [1.807, 2.05) is 13.8 Å². The highest BCUT2D eigenvalue weighted by Crippen LogP contribution is 2.42. The van der Waals surface area contributed by atoms with E-state index < -0.39 is 15.9 Å². The van der Waals surface area contributed by atoms with Crippen molar-refractivity contribution in [3.63, 3.8) is 0 Å². The van der Waals surface area contributed by atoms with Gasteiger partial charge in [-0.3, -0.25) is 14.3 Å². The number of nitrogens with one attached hydrogen (secondary N) is 1. The van der Waals surface area contributed by atoms with Gasteiger partial charge in [0.1, 0.15) is 5.78 Å². The lowest BCUT2D eigenvalue weighted by atomic mass is 9.80. The van der Waals surface area contributed by atoms with Gasteiger partial charge in [-0.15, -0.1) is 0 Å². The van der Waals surface area contributed by atoms with E-state index in [2.05, 4.69) is 4.72 Å². The smallest absolute Gasteiger partial charge is 0.236 e. The summed E-state index contributed by atoms with van der Waals surface area (Å²) in [5.74, 6) is -0.251. The fourth-order valence-corrected chi connectivity index (χ4v) is 4.52. The summed E-state index contributed by atoms with van der Waals surface area (Å²) in [6.07, 6.45) is 3.28. The molecule has 0 heterocycles. The lowest BCUT2D eigenvalue weighted by molar-refractivity contribution is -0.131. The maximum Gasteiger partial charge on any atom is 0.236 e. The van der Waals surface area contributed by atoms with Crippen molar-refractivity contribution in [2.75, 3.05) is 5.75 Å². The van der Waals surface area contributed by atoms with Crippen molar-refractivity contribution in [2.24, 2.45) is 23.7 Å². The van der Waals surface area contributed by atoms with E-state index in [-0.39, 0.29) is 35.2 Å². The van der Waals surface area contributed by atoms with Gasteiger partial charge in [-0.2, -0.15) is 0 Å². The number of Topliss-reactive ketones (excluding diaryl/α,β-unsaturated/α-hetero) is 1. The van der Waals surface area contributed by atoms with Crippen LogP contribution in [0.15, 0.2) is 0 Å². The quantitative estimate of drug-likeness (QED) is 0.834. The van der Waals surface area contributed by atoms with E-state index in [1.54, 1.807) is 0 Å². The number of rotatable bonds is 5. The summed E-state index contributed by atoms with van der Waals surface area (Å²) in [7, 11) is -3.54. The molecule has 2 saturated carbocycles. The maximum atomic E-state index is 12.1. The van der Waals surface area contributed by atoms with E-state index in [1.165, 1.54) is 0 Å². The summed E-state index contributed by atoms with van der Waals surface area (Å²) in [5.41, 5.74) is 0. The van der Waals surface area contributed by atoms with Gasteiger partial charge >= 0.3 is 0 Å². The van der Waals surface area contributed by atoms with Gasteiger partial charge in [0.25, 0.3) is 0 Å². The number of carbonyl (C=O) groups is 2. The van der Waals surface area contributed by atoms with Gasteiger partial charge in [0.2, 0.25) is 15.9 Å². The summed E-state index contributed by atoms with van der Waals surface area (Å²) in [5, 5.41) is 0. The third-order valence-corrected chi connectivity index (χ3v) is 5.68. The van der Waals surface area contributed by atoms with E-state index in [9.17, 15) is 18.0 Å². The van der Waals surface area contributed by atoms with Crippen molar-refractivity contribution in [2.45, 2.75) is 46.0 Å². The molecule has 2 unspecified atom stereocenters. The van der Waals surface area contributed by atoms with Crippen LogP contribution in [0.25, 0.3) is 0 Å². The second kappa shape index (κ2) is 5.84. The van der Waals surface area contributed by atoms with Gasteiger partial charge < -0.3 is 0 Å². The van der Waals surface area contributed by atoms with Crippen molar-refractivity contribution in [1.29, 1.82) is 0 Å². The molecule has 1 N–H and O–H groups in total. The lowest BCUT2D eigenvalue weighted by Crippen LogP contribution is -2.41. The Labute approximate surface area is 120 Å². The Bertz CT molecular complexity index is 481. The Morgan fingerprint density at radius 2 is 1.80 bits per heavy atom. The lowest BCUT2D eigenvalue weighted by Gasteiger charge is -2.25. The van der Waals surface area contributed by atoms with Gasteiger partial charge in [0, 0.05) is 17.8 Å². The fourth-order valence-electron chi connectivity index (χ4n) is 3.16. The zero-order valence-corrected chi connectivity index (χ0v) is 12.9. The standard InChI is InChI=1S/C14H23NO4S/c1-9(2)5-6-20(18,19)15-14(17)12-7-10-3-4-11(8-12)13(10)16/h9-12H,3-8H2,1-2H3,(H,15,17). The second-order valence-corrected chi connectivity index (χ2v) is 8.35. The minimum atomic E-state index is -3.54. The number of sulfonamides is 1. The first-order valence-electron chi connectivity index (χ1n) is 7.36. The summed E-state index contributed by atoms with van der Waals surface area (Å²) >= 11 is 0. The number of ketones is 1. The molecular weight excluding hydrogens is 278 g/mol. The van der Waals surface area contributed by atoms with E-state index >= 15 is 0 Å². The Kier molecular flexibility index (Phi) is 4.52. The molecule has 2 aliphatic rings. The predicted molar refractivity (Wildman–Crippen MR) is 75.3 cm³/mol. The van der Waals surface area contributed by atoms with Crippen LogP contribution in [0.5, 0.6) is 0 Å². The highest BCUT2D eigenvalue weighted by molar-refractivity contribution is 7.90. The Balaban J connectivity index is 1.91. The topological polar surface area (TPSA) is 80.3 Å². The maximum absolute atomic E-state index is 12.1. The Morgan fingerprint density at radius 3 is 2.30 bits per heavy atom. The first kappa shape index (κ1) is 15.5. The third kappa shape index (κ3) is 3.59. The molecule has 2 atom stereocenters. The molecule has 2 bridgehead atoms. The van der Waals surface area contributed by atoms with Gasteiger partial charge in [-0.05, 0) is 38.0 Å². The van der Waals surface area contributed by atoms with Crippen LogP contribution in [-0.4, -0.2) is 25.9 Å². The van der Waals surface area contributed by atoms with Gasteiger partial charge in [-0.25, -0.2) is 8.42 Å². The minimum absolute atomic E-state index is 0.0189. The van der Waals surface area contributed by atoms with E-state index in [4.69, 9.17) is 0 Å². The van der Waals surface area contributed by atoms with Crippen LogP contribution in [0, 0.1) is 23.7 Å². The molecule has 2 fully saturated rings. The van der Waals surface area contributed by atoms with Crippen molar-refractivity contribution < 1.29 is 18.0 Å². The monoisotopic (exact) mass is 301 g/mol. The summed E-state index contributed by atoms with van der Waals surface area (Å²) in [4.78, 5) is 23.9. The SMILES string of the molecule is CC(C)CCS(=O)(=O)NC(=O)C1CC2CCC(C1)C2=O. The van der Waals surface area contributed by atoms with Crippen molar-refractivity contribution in [3.05, 3.63) is 0 Å². The fraction of sp³-hybridized carbons (Fsp3) is 0.857. The number of fused-ring (bicyclic) bond motifs is 2. The molecule has 114 valence electrons. The molecule has 2 aliphatic carbocycles. The highest BCUT2D eigenvalue weighted by Gasteiger charge is 2.44. The summed E-state index contributed by atoms with van der Waals surface area (Å²) < 4.78 is 25.9. The van der Waals surface area contributed by atoms with Crippen LogP contribution < -0.4 is 4.72 Å². The Hall–Kier alpha value is -0.910. The molecule has 0 aromatic carbocycles. The number of amides is 1. The van der Waals surface area contributed by atoms with Gasteiger partial charge in [0.05, 0.1) is 5.75 Å². The van der Waals surface area contributed by atoms with E-state index in [0.717, 1.165) is 12.8 Å². The minimum Gasteiger partial charge on any atom is -0.299 e. The summed E-state index contributed by atoms with van der Waals surface area (Å²) in [6, 6.07) is 0. The normalized spacial score (nSPS) is 29.8. The number of carbonyl (C=O) groups excluding carboxylic acids is 2. The molecule has 0 aromatic heterocycles. The molecular formula is C14H23NO4S. The first-order valence-corrected chi connectivity index (χ1v) is 9.02. The second-order valence-electron chi connectivity index (χ2n) is 6.51. The van der Waals surface area contributed by atoms with Crippen LogP contribution in [0.3, 0.4) is 0 Å².